The first-order valence-corrected chi connectivity index (χ1v) is 8.18. The molecule has 0 saturated carbocycles. The summed E-state index contributed by atoms with van der Waals surface area (Å²) in [4.78, 5) is 16.5. The molecule has 0 unspecified atom stereocenters. The van der Waals surface area contributed by atoms with Crippen molar-refractivity contribution in [2.75, 3.05) is 14.2 Å². The number of methoxy groups -OCH3 is 2. The van der Waals surface area contributed by atoms with E-state index in [0.717, 1.165) is 16.3 Å². The third-order valence-corrected chi connectivity index (χ3v) is 3.98. The minimum absolute atomic E-state index is 0.0262. The molecule has 1 amide bonds. The zero-order valence-corrected chi connectivity index (χ0v) is 14.9. The van der Waals surface area contributed by atoms with Gasteiger partial charge in [-0.05, 0) is 39.0 Å². The molecule has 1 aromatic carbocycles. The number of carbonyl (C=O) groups is 1. The summed E-state index contributed by atoms with van der Waals surface area (Å²) >= 11 is 1.51. The summed E-state index contributed by atoms with van der Waals surface area (Å²) in [5.74, 6) is 1.31. The Labute approximate surface area is 140 Å². The molecule has 5 nitrogen and oxygen atoms in total. The number of nitrogens with zero attached hydrogens (tertiary/aromatic N) is 1. The highest BCUT2D eigenvalue weighted by Crippen LogP contribution is 2.33. The van der Waals surface area contributed by atoms with Crippen molar-refractivity contribution in [2.45, 2.75) is 32.7 Å². The average Bonchev–Trinajstić information content (AvgIpc) is 2.92. The summed E-state index contributed by atoms with van der Waals surface area (Å²) in [5.41, 5.74) is 1.47. The number of amides is 1. The molecule has 1 aromatic heterocycles. The fourth-order valence-electron chi connectivity index (χ4n) is 2.12. The lowest BCUT2D eigenvalue weighted by Crippen LogP contribution is -2.41. The van der Waals surface area contributed by atoms with Crippen LogP contribution in [0, 0.1) is 0 Å². The molecule has 2 rings (SSSR count). The van der Waals surface area contributed by atoms with Crippen LogP contribution in [0.15, 0.2) is 23.6 Å². The van der Waals surface area contributed by atoms with Gasteiger partial charge in [-0.2, -0.15) is 0 Å². The Bertz CT molecular complexity index is 689. The van der Waals surface area contributed by atoms with Crippen molar-refractivity contribution < 1.29 is 14.3 Å². The van der Waals surface area contributed by atoms with Crippen molar-refractivity contribution in [1.82, 2.24) is 10.3 Å². The molecule has 124 valence electrons. The van der Waals surface area contributed by atoms with E-state index in [-0.39, 0.29) is 17.9 Å². The number of thiazole rings is 1. The molecule has 2 aromatic rings. The highest BCUT2D eigenvalue weighted by atomic mass is 32.1. The monoisotopic (exact) mass is 334 g/mol. The van der Waals surface area contributed by atoms with Gasteiger partial charge in [-0.25, -0.2) is 4.98 Å². The van der Waals surface area contributed by atoms with E-state index in [2.05, 4.69) is 10.3 Å². The highest BCUT2D eigenvalue weighted by molar-refractivity contribution is 7.13. The second-order valence-corrected chi connectivity index (χ2v) is 7.05. The smallest absolute Gasteiger partial charge is 0.226 e. The van der Waals surface area contributed by atoms with Gasteiger partial charge in [0.25, 0.3) is 0 Å². The largest absolute Gasteiger partial charge is 0.493 e. The maximum atomic E-state index is 12.0. The number of hydrogen-bond donors (Lipinski definition) is 1. The van der Waals surface area contributed by atoms with E-state index in [1.165, 1.54) is 11.3 Å². The van der Waals surface area contributed by atoms with E-state index >= 15 is 0 Å². The maximum absolute atomic E-state index is 12.0. The first-order chi connectivity index (χ1) is 10.8. The SMILES string of the molecule is COc1ccc(-c2nc(CC(=O)NC(C)(C)C)cs2)cc1OC. The Morgan fingerprint density at radius 1 is 1.22 bits per heavy atom. The Morgan fingerprint density at radius 3 is 2.52 bits per heavy atom. The number of carbonyl (C=O) groups excluding carboxylic acids is 1. The molecule has 0 aliphatic carbocycles. The first kappa shape index (κ1) is 17.3. The second-order valence-electron chi connectivity index (χ2n) is 6.19. The third kappa shape index (κ3) is 4.69. The summed E-state index contributed by atoms with van der Waals surface area (Å²) in [7, 11) is 3.21. The molecule has 0 fully saturated rings. The summed E-state index contributed by atoms with van der Waals surface area (Å²) in [6.45, 7) is 5.88. The molecule has 0 aliphatic heterocycles. The summed E-state index contributed by atoms with van der Waals surface area (Å²) in [5, 5.41) is 5.70. The predicted molar refractivity (Wildman–Crippen MR) is 92.3 cm³/mol. The highest BCUT2D eigenvalue weighted by Gasteiger charge is 2.16. The molecule has 0 bridgehead atoms. The van der Waals surface area contributed by atoms with E-state index in [1.54, 1.807) is 14.2 Å². The van der Waals surface area contributed by atoms with E-state index in [0.29, 0.717) is 11.5 Å². The van der Waals surface area contributed by atoms with Crippen LogP contribution >= 0.6 is 11.3 Å². The number of ether oxygens (including phenoxy) is 2. The minimum atomic E-state index is -0.237. The van der Waals surface area contributed by atoms with E-state index in [9.17, 15) is 4.79 Å². The average molecular weight is 334 g/mol. The molecule has 23 heavy (non-hydrogen) atoms. The van der Waals surface area contributed by atoms with Gasteiger partial charge in [-0.15, -0.1) is 11.3 Å². The summed E-state index contributed by atoms with van der Waals surface area (Å²) in [6, 6.07) is 5.66. The minimum Gasteiger partial charge on any atom is -0.493 e. The van der Waals surface area contributed by atoms with Gasteiger partial charge in [-0.3, -0.25) is 4.79 Å². The normalized spacial score (nSPS) is 11.2. The zero-order valence-electron chi connectivity index (χ0n) is 14.1. The van der Waals surface area contributed by atoms with Crippen molar-refractivity contribution in [3.63, 3.8) is 0 Å². The molecule has 1 N–H and O–H groups in total. The lowest BCUT2D eigenvalue weighted by atomic mass is 10.1. The van der Waals surface area contributed by atoms with Crippen LogP contribution in [0.1, 0.15) is 26.5 Å². The van der Waals surface area contributed by atoms with Crippen LogP contribution in [0.5, 0.6) is 11.5 Å². The van der Waals surface area contributed by atoms with Crippen molar-refractivity contribution in [1.29, 1.82) is 0 Å². The van der Waals surface area contributed by atoms with Crippen LogP contribution in [0.25, 0.3) is 10.6 Å². The lowest BCUT2D eigenvalue weighted by Gasteiger charge is -2.20. The molecule has 6 heteroatoms. The van der Waals surface area contributed by atoms with Crippen molar-refractivity contribution >= 4 is 17.2 Å². The van der Waals surface area contributed by atoms with Crippen molar-refractivity contribution in [3.05, 3.63) is 29.3 Å². The van der Waals surface area contributed by atoms with Gasteiger partial charge >= 0.3 is 0 Å². The van der Waals surface area contributed by atoms with Gasteiger partial charge < -0.3 is 14.8 Å². The van der Waals surface area contributed by atoms with Gasteiger partial charge in [0, 0.05) is 16.5 Å². The molecule has 0 radical (unpaired) electrons. The van der Waals surface area contributed by atoms with Crippen LogP contribution in [0.4, 0.5) is 0 Å². The molecule has 1 heterocycles. The molecular formula is C17H22N2O3S. The topological polar surface area (TPSA) is 60.5 Å². The summed E-state index contributed by atoms with van der Waals surface area (Å²) in [6.07, 6.45) is 0.279. The standard InChI is InChI=1S/C17H22N2O3S/c1-17(2,3)19-15(20)9-12-10-23-16(18-12)11-6-7-13(21-4)14(8-11)22-5/h6-8,10H,9H2,1-5H3,(H,19,20). The number of nitrogens with one attached hydrogen (secondary N) is 1. The second kappa shape index (κ2) is 7.00. The van der Waals surface area contributed by atoms with Crippen LogP contribution in [-0.2, 0) is 11.2 Å². The van der Waals surface area contributed by atoms with Gasteiger partial charge in [0.1, 0.15) is 5.01 Å². The van der Waals surface area contributed by atoms with Gasteiger partial charge in [0.05, 0.1) is 26.3 Å². The Balaban J connectivity index is 2.14. The van der Waals surface area contributed by atoms with E-state index in [4.69, 9.17) is 9.47 Å². The Morgan fingerprint density at radius 2 is 1.91 bits per heavy atom. The predicted octanol–water partition coefficient (Wildman–Crippen LogP) is 3.28. The maximum Gasteiger partial charge on any atom is 0.226 e. The Kier molecular flexibility index (Phi) is 5.26. The zero-order chi connectivity index (χ0) is 17.0. The van der Waals surface area contributed by atoms with Crippen LogP contribution in [0.2, 0.25) is 0 Å². The van der Waals surface area contributed by atoms with Gasteiger partial charge in [-0.1, -0.05) is 0 Å². The molecular weight excluding hydrogens is 312 g/mol. The molecule has 0 atom stereocenters. The lowest BCUT2D eigenvalue weighted by molar-refractivity contribution is -0.121. The van der Waals surface area contributed by atoms with E-state index in [1.807, 2.05) is 44.4 Å². The van der Waals surface area contributed by atoms with Crippen LogP contribution < -0.4 is 14.8 Å². The molecule has 0 spiro atoms. The Hall–Kier alpha value is -2.08. The number of benzene rings is 1. The van der Waals surface area contributed by atoms with Crippen molar-refractivity contribution in [2.24, 2.45) is 0 Å². The number of aromatic nitrogens is 1. The van der Waals surface area contributed by atoms with Crippen LogP contribution in [-0.4, -0.2) is 30.6 Å². The van der Waals surface area contributed by atoms with E-state index < -0.39 is 0 Å². The number of hydrogen-bond acceptors (Lipinski definition) is 5. The third-order valence-electron chi connectivity index (χ3n) is 3.04. The fourth-order valence-corrected chi connectivity index (χ4v) is 2.93. The summed E-state index contributed by atoms with van der Waals surface area (Å²) < 4.78 is 10.5. The van der Waals surface area contributed by atoms with Crippen LogP contribution in [0.3, 0.4) is 0 Å². The first-order valence-electron chi connectivity index (χ1n) is 7.30. The number of rotatable bonds is 5. The molecule has 0 saturated heterocycles. The van der Waals surface area contributed by atoms with Crippen molar-refractivity contribution in [3.8, 4) is 22.1 Å². The molecule has 0 aliphatic rings. The quantitative estimate of drug-likeness (QED) is 0.911. The van der Waals surface area contributed by atoms with Gasteiger partial charge in [0.15, 0.2) is 11.5 Å². The van der Waals surface area contributed by atoms with Gasteiger partial charge in [0.2, 0.25) is 5.91 Å². The fraction of sp³-hybridized carbons (Fsp3) is 0.412.